The molecule has 0 aliphatic rings. The average molecular weight is 452 g/mol. The number of hydrogen-bond donors (Lipinski definition) is 2. The molecule has 0 amide bonds. The predicted molar refractivity (Wildman–Crippen MR) is 118 cm³/mol. The standard InChI is InChI=1S/C24H20O9/c25-14(7-10-30-17-3-1-4-18-22(17)15(26)9-12-32-18)8-11-31-19-5-2-6-20-23(19)16(27)13-21(33-20)24(28)29/h1-6,9,12-14,25H,7-8,10-11H2,(H,28,29). The monoisotopic (exact) mass is 452 g/mol. The van der Waals surface area contributed by atoms with Crippen molar-refractivity contribution in [1.82, 2.24) is 0 Å². The van der Waals surface area contributed by atoms with Crippen molar-refractivity contribution in [1.29, 1.82) is 0 Å². The Kier molecular flexibility index (Phi) is 6.41. The van der Waals surface area contributed by atoms with Gasteiger partial charge in [-0.25, -0.2) is 4.79 Å². The summed E-state index contributed by atoms with van der Waals surface area (Å²) in [5, 5.41) is 19.8. The van der Waals surface area contributed by atoms with Gasteiger partial charge in [-0.05, 0) is 24.3 Å². The number of carbonyl (C=O) groups is 1. The number of hydrogen-bond acceptors (Lipinski definition) is 8. The molecule has 9 nitrogen and oxygen atoms in total. The predicted octanol–water partition coefficient (Wildman–Crippen LogP) is 3.20. The smallest absolute Gasteiger partial charge is 0.371 e. The Labute approximate surface area is 186 Å². The quantitative estimate of drug-likeness (QED) is 0.392. The van der Waals surface area contributed by atoms with Gasteiger partial charge in [0.15, 0.2) is 10.9 Å². The Hall–Kier alpha value is -4.11. The lowest BCUT2D eigenvalue weighted by Gasteiger charge is -2.14. The van der Waals surface area contributed by atoms with Crippen molar-refractivity contribution in [2.45, 2.75) is 18.9 Å². The van der Waals surface area contributed by atoms with E-state index in [4.69, 9.17) is 23.4 Å². The minimum Gasteiger partial charge on any atom is -0.493 e. The summed E-state index contributed by atoms with van der Waals surface area (Å²) in [5.74, 6) is -1.17. The van der Waals surface area contributed by atoms with Crippen LogP contribution in [0.2, 0.25) is 0 Å². The molecule has 1 atom stereocenters. The maximum atomic E-state index is 12.3. The lowest BCUT2D eigenvalue weighted by atomic mass is 10.2. The Balaban J connectivity index is 1.34. The lowest BCUT2D eigenvalue weighted by molar-refractivity contribution is 0.0662. The molecule has 2 aromatic heterocycles. The van der Waals surface area contributed by atoms with Crippen LogP contribution < -0.4 is 20.3 Å². The molecule has 33 heavy (non-hydrogen) atoms. The van der Waals surface area contributed by atoms with Gasteiger partial charge in [0, 0.05) is 25.0 Å². The lowest BCUT2D eigenvalue weighted by Crippen LogP contribution is -2.16. The largest absolute Gasteiger partial charge is 0.493 e. The summed E-state index contributed by atoms with van der Waals surface area (Å²) >= 11 is 0. The second kappa shape index (κ2) is 9.58. The maximum Gasteiger partial charge on any atom is 0.371 e. The highest BCUT2D eigenvalue weighted by Gasteiger charge is 2.15. The van der Waals surface area contributed by atoms with Crippen molar-refractivity contribution in [2.75, 3.05) is 13.2 Å². The molecule has 0 saturated heterocycles. The number of rotatable bonds is 9. The number of carboxylic acids is 1. The highest BCUT2D eigenvalue weighted by molar-refractivity contribution is 5.89. The number of aliphatic hydroxyl groups is 1. The van der Waals surface area contributed by atoms with E-state index >= 15 is 0 Å². The number of ether oxygens (including phenoxy) is 2. The first-order valence-corrected chi connectivity index (χ1v) is 10.2. The molecule has 4 rings (SSSR count). The van der Waals surface area contributed by atoms with E-state index in [1.807, 2.05) is 0 Å². The van der Waals surface area contributed by atoms with Gasteiger partial charge in [0.2, 0.25) is 5.76 Å². The van der Waals surface area contributed by atoms with Crippen molar-refractivity contribution in [3.63, 3.8) is 0 Å². The van der Waals surface area contributed by atoms with Gasteiger partial charge in [0.1, 0.15) is 33.4 Å². The summed E-state index contributed by atoms with van der Waals surface area (Å²) in [4.78, 5) is 35.5. The molecule has 4 aromatic rings. The topological polar surface area (TPSA) is 136 Å². The minimum atomic E-state index is -1.34. The first-order valence-electron chi connectivity index (χ1n) is 10.2. The van der Waals surface area contributed by atoms with Crippen molar-refractivity contribution in [3.8, 4) is 11.5 Å². The molecule has 1 unspecified atom stereocenters. The zero-order valence-corrected chi connectivity index (χ0v) is 17.4. The first-order chi connectivity index (χ1) is 15.9. The van der Waals surface area contributed by atoms with Crippen LogP contribution >= 0.6 is 0 Å². The maximum absolute atomic E-state index is 12.3. The van der Waals surface area contributed by atoms with E-state index in [-0.39, 0.29) is 48.2 Å². The highest BCUT2D eigenvalue weighted by atomic mass is 16.5. The Morgan fingerprint density at radius 3 is 2.12 bits per heavy atom. The third kappa shape index (κ3) is 4.88. The molecule has 0 radical (unpaired) electrons. The summed E-state index contributed by atoms with van der Waals surface area (Å²) in [6, 6.07) is 11.9. The third-order valence-electron chi connectivity index (χ3n) is 4.99. The number of aliphatic hydroxyl groups excluding tert-OH is 1. The molecule has 9 heteroatoms. The Bertz CT molecular complexity index is 1410. The van der Waals surface area contributed by atoms with Crippen LogP contribution in [0.15, 0.2) is 73.2 Å². The second-order valence-corrected chi connectivity index (χ2v) is 7.25. The number of benzene rings is 2. The molecular weight excluding hydrogens is 432 g/mol. The summed E-state index contributed by atoms with van der Waals surface area (Å²) in [6.45, 7) is 0.280. The fourth-order valence-electron chi connectivity index (χ4n) is 3.38. The summed E-state index contributed by atoms with van der Waals surface area (Å²) in [6.07, 6.45) is 1.12. The van der Waals surface area contributed by atoms with E-state index < -0.39 is 23.3 Å². The SMILES string of the molecule is O=C(O)c1cc(=O)c2c(OCCC(O)CCOc3cccc4occc(=O)c34)cccc2o1. The van der Waals surface area contributed by atoms with Crippen LogP contribution in [0.1, 0.15) is 23.4 Å². The van der Waals surface area contributed by atoms with Crippen molar-refractivity contribution < 1.29 is 33.3 Å². The van der Waals surface area contributed by atoms with Crippen LogP contribution in [0.3, 0.4) is 0 Å². The average Bonchev–Trinajstić information content (AvgIpc) is 2.79. The normalized spacial score (nSPS) is 12.0. The molecule has 170 valence electrons. The van der Waals surface area contributed by atoms with Crippen LogP contribution in [0.5, 0.6) is 11.5 Å². The van der Waals surface area contributed by atoms with Crippen LogP contribution in [-0.4, -0.2) is 35.5 Å². The number of carboxylic acid groups (broad SMARTS) is 1. The second-order valence-electron chi connectivity index (χ2n) is 7.25. The molecule has 0 saturated carbocycles. The van der Waals surface area contributed by atoms with Gasteiger partial charge >= 0.3 is 5.97 Å². The van der Waals surface area contributed by atoms with Gasteiger partial charge in [-0.3, -0.25) is 9.59 Å². The molecule has 0 fully saturated rings. The number of aromatic carboxylic acids is 1. The molecule has 0 aliphatic carbocycles. The molecule has 2 aromatic carbocycles. The van der Waals surface area contributed by atoms with E-state index in [2.05, 4.69) is 0 Å². The van der Waals surface area contributed by atoms with Crippen molar-refractivity contribution in [3.05, 3.63) is 81.0 Å². The highest BCUT2D eigenvalue weighted by Crippen LogP contribution is 2.24. The van der Waals surface area contributed by atoms with Gasteiger partial charge in [-0.1, -0.05) is 12.1 Å². The summed E-state index contributed by atoms with van der Waals surface area (Å²) in [7, 11) is 0. The molecule has 0 aliphatic heterocycles. The number of fused-ring (bicyclic) bond motifs is 2. The van der Waals surface area contributed by atoms with E-state index in [9.17, 15) is 19.5 Å². The van der Waals surface area contributed by atoms with Gasteiger partial charge in [-0.15, -0.1) is 0 Å². The van der Waals surface area contributed by atoms with Crippen molar-refractivity contribution >= 4 is 27.9 Å². The van der Waals surface area contributed by atoms with Crippen LogP contribution in [0, 0.1) is 0 Å². The Morgan fingerprint density at radius 1 is 0.879 bits per heavy atom. The van der Waals surface area contributed by atoms with E-state index in [0.717, 1.165) is 6.07 Å². The molecule has 0 bridgehead atoms. The summed E-state index contributed by atoms with van der Waals surface area (Å²) < 4.78 is 21.9. The van der Waals surface area contributed by atoms with Crippen LogP contribution in [-0.2, 0) is 0 Å². The first kappa shape index (κ1) is 22.1. The molecule has 2 N–H and O–H groups in total. The van der Waals surface area contributed by atoms with Crippen LogP contribution in [0.4, 0.5) is 0 Å². The van der Waals surface area contributed by atoms with Crippen LogP contribution in [0.25, 0.3) is 21.9 Å². The van der Waals surface area contributed by atoms with Gasteiger partial charge < -0.3 is 28.5 Å². The van der Waals surface area contributed by atoms with E-state index in [0.29, 0.717) is 16.7 Å². The summed E-state index contributed by atoms with van der Waals surface area (Å²) in [5.41, 5.74) is -0.219. The third-order valence-corrected chi connectivity index (χ3v) is 4.99. The molecule has 2 heterocycles. The minimum absolute atomic E-state index is 0.103. The van der Waals surface area contributed by atoms with Gasteiger partial charge in [0.05, 0.1) is 25.6 Å². The molecule has 0 spiro atoms. The Morgan fingerprint density at radius 2 is 1.48 bits per heavy atom. The van der Waals surface area contributed by atoms with Crippen molar-refractivity contribution in [2.24, 2.45) is 0 Å². The van der Waals surface area contributed by atoms with E-state index in [1.165, 1.54) is 18.4 Å². The van der Waals surface area contributed by atoms with E-state index in [1.54, 1.807) is 30.3 Å². The van der Waals surface area contributed by atoms with Gasteiger partial charge in [0.25, 0.3) is 0 Å². The molecular formula is C24H20O9. The fraction of sp³-hybridized carbons (Fsp3) is 0.208. The zero-order valence-electron chi connectivity index (χ0n) is 17.4. The van der Waals surface area contributed by atoms with Gasteiger partial charge in [-0.2, -0.15) is 0 Å². The fourth-order valence-corrected chi connectivity index (χ4v) is 3.38. The zero-order chi connectivity index (χ0) is 23.4.